The average Bonchev–Trinajstić information content (AvgIpc) is 3.35. The number of β-lactam (4-membered cyclic amide) rings is 1. The predicted molar refractivity (Wildman–Crippen MR) is 108 cm³/mol. The molecule has 12 heteroatoms. The molecule has 2 aliphatic rings. The Kier molecular flexibility index (Phi) is 5.70. The fraction of sp³-hybridized carbons (Fsp3) is 0.300. The molecule has 3 atom stereocenters. The van der Waals surface area contributed by atoms with E-state index < -0.39 is 40.2 Å². The lowest BCUT2D eigenvalue weighted by Crippen LogP contribution is -2.59. The van der Waals surface area contributed by atoms with Gasteiger partial charge < -0.3 is 13.9 Å². The van der Waals surface area contributed by atoms with Crippen LogP contribution < -0.4 is 0 Å². The molecule has 166 valence electrons. The Morgan fingerprint density at radius 2 is 2.06 bits per heavy atom. The molecule has 0 spiro atoms. The minimum Gasteiger partial charge on any atom is -0.456 e. The van der Waals surface area contributed by atoms with E-state index in [1.165, 1.54) is 59.5 Å². The molecule has 2 aromatic rings. The number of fused-ring (bicyclic) bond motifs is 1. The number of hydrogen-bond donors (Lipinski definition) is 0. The zero-order valence-corrected chi connectivity index (χ0v) is 17.7. The molecular formula is C20H17N3O8S. The molecule has 1 saturated heterocycles. The van der Waals surface area contributed by atoms with Crippen molar-refractivity contribution < 1.29 is 33.2 Å². The molecule has 1 fully saturated rings. The van der Waals surface area contributed by atoms with E-state index in [0.29, 0.717) is 17.1 Å². The number of ether oxygens (including phenoxy) is 2. The molecule has 1 aromatic heterocycles. The van der Waals surface area contributed by atoms with Crippen molar-refractivity contribution in [1.29, 1.82) is 0 Å². The number of aromatic nitrogens is 1. The summed E-state index contributed by atoms with van der Waals surface area (Å²) >= 11 is 1.24. The van der Waals surface area contributed by atoms with E-state index in [4.69, 9.17) is 13.9 Å². The Morgan fingerprint density at radius 3 is 2.66 bits per heavy atom. The van der Waals surface area contributed by atoms with E-state index in [0.717, 1.165) is 0 Å². The van der Waals surface area contributed by atoms with Crippen molar-refractivity contribution in [2.75, 3.05) is 0 Å². The smallest absolute Gasteiger partial charge is 0.355 e. The van der Waals surface area contributed by atoms with Gasteiger partial charge in [-0.25, -0.2) is 9.78 Å². The Labute approximate surface area is 185 Å². The van der Waals surface area contributed by atoms with Gasteiger partial charge in [0.25, 0.3) is 5.69 Å². The van der Waals surface area contributed by atoms with Gasteiger partial charge in [0.2, 0.25) is 5.91 Å². The van der Waals surface area contributed by atoms with Gasteiger partial charge >= 0.3 is 11.9 Å². The van der Waals surface area contributed by atoms with E-state index in [-0.39, 0.29) is 18.0 Å². The number of nitrogens with zero attached hydrogens (tertiary/aromatic N) is 3. The maximum Gasteiger partial charge on any atom is 0.355 e. The molecule has 0 bridgehead atoms. The van der Waals surface area contributed by atoms with E-state index in [1.54, 1.807) is 6.92 Å². The van der Waals surface area contributed by atoms with Gasteiger partial charge in [0, 0.05) is 31.4 Å². The summed E-state index contributed by atoms with van der Waals surface area (Å²) in [7, 11) is 0. The summed E-state index contributed by atoms with van der Waals surface area (Å²) < 4.78 is 15.8. The van der Waals surface area contributed by atoms with Gasteiger partial charge in [0.15, 0.2) is 12.0 Å². The van der Waals surface area contributed by atoms with Gasteiger partial charge in [-0.15, -0.1) is 11.8 Å². The van der Waals surface area contributed by atoms with Crippen molar-refractivity contribution in [3.8, 4) is 0 Å². The lowest BCUT2D eigenvalue weighted by atomic mass is 9.89. The molecule has 1 amide bonds. The highest BCUT2D eigenvalue weighted by Crippen LogP contribution is 2.50. The standard InChI is InChI=1S/C20H17N3O8S/c1-10-21-14(8-29-10)17(31-11(2)24)16-18(25)22-15(9-32-19(16)22)20(26)30-7-12-3-5-13(6-4-12)23(27)28/h3-6,8-9,16-17,19H,7H2,1-2H3. The third kappa shape index (κ3) is 3.96. The minimum atomic E-state index is -0.935. The lowest BCUT2D eigenvalue weighted by Gasteiger charge is -2.44. The van der Waals surface area contributed by atoms with Crippen LogP contribution >= 0.6 is 11.8 Å². The number of esters is 2. The number of carbonyl (C=O) groups is 3. The van der Waals surface area contributed by atoms with Crippen LogP contribution in [0.4, 0.5) is 5.69 Å². The number of nitro benzene ring substituents is 1. The number of benzene rings is 1. The largest absolute Gasteiger partial charge is 0.456 e. The summed E-state index contributed by atoms with van der Waals surface area (Å²) in [4.78, 5) is 52.7. The molecule has 1 aromatic carbocycles. The Bertz CT molecular complexity index is 1130. The van der Waals surface area contributed by atoms with Crippen LogP contribution in [-0.2, 0) is 30.5 Å². The number of aryl methyl sites for hydroxylation is 1. The third-order valence-electron chi connectivity index (χ3n) is 4.94. The summed E-state index contributed by atoms with van der Waals surface area (Å²) in [5, 5.41) is 11.8. The molecule has 0 saturated carbocycles. The first-order valence-electron chi connectivity index (χ1n) is 9.44. The van der Waals surface area contributed by atoms with Crippen LogP contribution in [0.15, 0.2) is 46.1 Å². The monoisotopic (exact) mass is 459 g/mol. The highest BCUT2D eigenvalue weighted by atomic mass is 32.2. The number of carbonyl (C=O) groups excluding carboxylic acids is 3. The van der Waals surface area contributed by atoms with E-state index in [9.17, 15) is 24.5 Å². The molecule has 0 aliphatic carbocycles. The van der Waals surface area contributed by atoms with Crippen LogP contribution in [0.2, 0.25) is 0 Å². The fourth-order valence-electron chi connectivity index (χ4n) is 3.45. The summed E-state index contributed by atoms with van der Waals surface area (Å²) in [5.41, 5.74) is 0.905. The molecule has 0 N–H and O–H groups in total. The molecule has 11 nitrogen and oxygen atoms in total. The second-order valence-corrected chi connectivity index (χ2v) is 8.08. The van der Waals surface area contributed by atoms with Crippen LogP contribution in [0.3, 0.4) is 0 Å². The van der Waals surface area contributed by atoms with Crippen molar-refractivity contribution in [2.45, 2.75) is 31.9 Å². The van der Waals surface area contributed by atoms with Crippen molar-refractivity contribution in [3.63, 3.8) is 0 Å². The highest BCUT2D eigenvalue weighted by Gasteiger charge is 2.58. The predicted octanol–water partition coefficient (Wildman–Crippen LogP) is 2.61. The topological polar surface area (TPSA) is 142 Å². The number of nitro groups is 1. The number of rotatable bonds is 7. The van der Waals surface area contributed by atoms with Crippen LogP contribution in [-0.4, -0.2) is 38.0 Å². The lowest BCUT2D eigenvalue weighted by molar-refractivity contribution is -0.384. The Balaban J connectivity index is 1.41. The van der Waals surface area contributed by atoms with Crippen LogP contribution in [0.1, 0.15) is 30.2 Å². The molecule has 3 heterocycles. The van der Waals surface area contributed by atoms with Gasteiger partial charge in [-0.1, -0.05) is 0 Å². The Hall–Kier alpha value is -3.67. The summed E-state index contributed by atoms with van der Waals surface area (Å²) in [6, 6.07) is 5.60. The fourth-order valence-corrected chi connectivity index (χ4v) is 4.69. The summed E-state index contributed by atoms with van der Waals surface area (Å²) in [6.07, 6.45) is 0.403. The highest BCUT2D eigenvalue weighted by molar-refractivity contribution is 8.03. The van der Waals surface area contributed by atoms with Crippen LogP contribution in [0, 0.1) is 23.0 Å². The zero-order chi connectivity index (χ0) is 23.0. The summed E-state index contributed by atoms with van der Waals surface area (Å²) in [6.45, 7) is 2.76. The van der Waals surface area contributed by atoms with Crippen molar-refractivity contribution in [1.82, 2.24) is 9.88 Å². The Morgan fingerprint density at radius 1 is 1.34 bits per heavy atom. The van der Waals surface area contributed by atoms with Gasteiger partial charge in [-0.3, -0.25) is 24.6 Å². The molecule has 4 rings (SSSR count). The second-order valence-electron chi connectivity index (χ2n) is 7.08. The van der Waals surface area contributed by atoms with Crippen molar-refractivity contribution in [3.05, 3.63) is 68.9 Å². The SMILES string of the molecule is CC(=O)OC(c1coc(C)n1)C1C(=O)N2C(C(=O)OCc3ccc([N+](=O)[O-])cc3)=CSC12. The zero-order valence-electron chi connectivity index (χ0n) is 16.9. The van der Waals surface area contributed by atoms with E-state index in [1.807, 2.05) is 0 Å². The number of hydrogen-bond acceptors (Lipinski definition) is 10. The van der Waals surface area contributed by atoms with Crippen molar-refractivity contribution in [2.24, 2.45) is 5.92 Å². The number of non-ortho nitro benzene ring substituents is 1. The van der Waals surface area contributed by atoms with Gasteiger partial charge in [0.1, 0.15) is 35.6 Å². The number of amides is 1. The van der Waals surface area contributed by atoms with Gasteiger partial charge in [0.05, 0.1) is 4.92 Å². The maximum atomic E-state index is 12.9. The number of oxazole rings is 1. The normalized spacial score (nSPS) is 20.1. The molecule has 32 heavy (non-hydrogen) atoms. The van der Waals surface area contributed by atoms with Crippen molar-refractivity contribution >= 4 is 35.3 Å². The van der Waals surface area contributed by atoms with E-state index in [2.05, 4.69) is 4.98 Å². The van der Waals surface area contributed by atoms with Crippen LogP contribution in [0.25, 0.3) is 0 Å². The van der Waals surface area contributed by atoms with Gasteiger partial charge in [-0.2, -0.15) is 0 Å². The molecule has 0 radical (unpaired) electrons. The second kappa shape index (κ2) is 8.46. The third-order valence-corrected chi connectivity index (χ3v) is 6.08. The molecule has 3 unspecified atom stereocenters. The molecule has 2 aliphatic heterocycles. The maximum absolute atomic E-state index is 12.9. The average molecular weight is 459 g/mol. The minimum absolute atomic E-state index is 0.0697. The first kappa shape index (κ1) is 21.6. The quantitative estimate of drug-likeness (QED) is 0.262. The first-order chi connectivity index (χ1) is 15.3. The van der Waals surface area contributed by atoms with Gasteiger partial charge in [-0.05, 0) is 17.7 Å². The van der Waals surface area contributed by atoms with Crippen LogP contribution in [0.5, 0.6) is 0 Å². The summed E-state index contributed by atoms with van der Waals surface area (Å²) in [5.74, 6) is -2.03. The van der Waals surface area contributed by atoms with E-state index >= 15 is 0 Å². The first-order valence-corrected chi connectivity index (χ1v) is 10.4. The number of thioether (sulfide) groups is 1. The molecular weight excluding hydrogens is 442 g/mol.